The van der Waals surface area contributed by atoms with Crippen molar-refractivity contribution in [2.24, 2.45) is 0 Å². The number of nitrogens with one attached hydrogen (secondary N) is 1. The van der Waals surface area contributed by atoms with Crippen molar-refractivity contribution in [3.05, 3.63) is 70.2 Å². The van der Waals surface area contributed by atoms with E-state index in [4.69, 9.17) is 16.3 Å². The zero-order chi connectivity index (χ0) is 16.7. The molecule has 0 heterocycles. The van der Waals surface area contributed by atoms with E-state index >= 15 is 0 Å². The van der Waals surface area contributed by atoms with Crippen molar-refractivity contribution >= 4 is 30.0 Å². The number of aryl methyl sites for hydroxylation is 1. The Morgan fingerprint density at radius 1 is 1.17 bits per heavy atom. The highest BCUT2D eigenvalue weighted by molar-refractivity contribution is 6.31. The second-order valence-electron chi connectivity index (χ2n) is 5.44. The van der Waals surface area contributed by atoms with Crippen molar-refractivity contribution in [2.75, 3.05) is 6.61 Å². The number of esters is 1. The standard InChI is InChI=1S/C19H22ClNO2.ClH/c1-3-23-19(22)12-18(15-10-8-14(2)9-11-15)21-13-16-6-4-5-7-17(16)20;/h4-11,18,21H,3,12-13H2,1-2H3;1H. The average molecular weight is 368 g/mol. The number of ether oxygens (including phenoxy) is 1. The molecule has 0 bridgehead atoms. The summed E-state index contributed by atoms with van der Waals surface area (Å²) in [4.78, 5) is 11.9. The van der Waals surface area contributed by atoms with Gasteiger partial charge in [-0.05, 0) is 31.0 Å². The molecule has 2 rings (SSSR count). The van der Waals surface area contributed by atoms with Crippen LogP contribution in [-0.2, 0) is 16.1 Å². The van der Waals surface area contributed by atoms with Crippen LogP contribution in [0.1, 0.15) is 36.1 Å². The first kappa shape index (κ1) is 20.5. The minimum atomic E-state index is -0.204. The van der Waals surface area contributed by atoms with Crippen molar-refractivity contribution in [1.29, 1.82) is 0 Å². The summed E-state index contributed by atoms with van der Waals surface area (Å²) >= 11 is 6.20. The third-order valence-electron chi connectivity index (χ3n) is 3.65. The molecule has 2 aromatic rings. The summed E-state index contributed by atoms with van der Waals surface area (Å²) < 4.78 is 5.09. The van der Waals surface area contributed by atoms with Gasteiger partial charge in [0.2, 0.25) is 0 Å². The lowest BCUT2D eigenvalue weighted by molar-refractivity contribution is -0.143. The van der Waals surface area contributed by atoms with Gasteiger partial charge in [0.05, 0.1) is 13.0 Å². The van der Waals surface area contributed by atoms with E-state index in [0.29, 0.717) is 19.6 Å². The SMILES string of the molecule is CCOC(=O)CC(NCc1ccccc1Cl)c1ccc(C)cc1.Cl. The number of hydrogen-bond donors (Lipinski definition) is 1. The molecule has 1 atom stereocenters. The Balaban J connectivity index is 0.00000288. The van der Waals surface area contributed by atoms with Crippen molar-refractivity contribution in [3.63, 3.8) is 0 Å². The van der Waals surface area contributed by atoms with E-state index in [1.54, 1.807) is 0 Å². The topological polar surface area (TPSA) is 38.3 Å². The first-order valence-electron chi connectivity index (χ1n) is 7.79. The second kappa shape index (κ2) is 10.3. The van der Waals surface area contributed by atoms with Gasteiger partial charge in [-0.1, -0.05) is 59.6 Å². The van der Waals surface area contributed by atoms with Gasteiger partial charge in [-0.15, -0.1) is 12.4 Å². The van der Waals surface area contributed by atoms with Crippen molar-refractivity contribution in [2.45, 2.75) is 32.9 Å². The second-order valence-corrected chi connectivity index (χ2v) is 5.85. The van der Waals surface area contributed by atoms with Crippen LogP contribution < -0.4 is 5.32 Å². The van der Waals surface area contributed by atoms with E-state index in [1.807, 2.05) is 62.4 Å². The van der Waals surface area contributed by atoms with E-state index in [2.05, 4.69) is 5.32 Å². The van der Waals surface area contributed by atoms with E-state index in [-0.39, 0.29) is 24.4 Å². The summed E-state index contributed by atoms with van der Waals surface area (Å²) in [6, 6.07) is 15.8. The third kappa shape index (κ3) is 6.16. The Hall–Kier alpha value is -1.55. The Morgan fingerprint density at radius 2 is 1.83 bits per heavy atom. The van der Waals surface area contributed by atoms with Crippen LogP contribution in [0, 0.1) is 6.92 Å². The molecular formula is C19H23Cl2NO2. The molecule has 0 aliphatic heterocycles. The number of carbonyl (C=O) groups is 1. The van der Waals surface area contributed by atoms with Gasteiger partial charge in [-0.25, -0.2) is 0 Å². The molecule has 0 spiro atoms. The minimum Gasteiger partial charge on any atom is -0.466 e. The van der Waals surface area contributed by atoms with Crippen LogP contribution in [0.25, 0.3) is 0 Å². The highest BCUT2D eigenvalue weighted by Crippen LogP contribution is 2.21. The Morgan fingerprint density at radius 3 is 2.46 bits per heavy atom. The smallest absolute Gasteiger partial charge is 0.307 e. The van der Waals surface area contributed by atoms with Crippen molar-refractivity contribution in [1.82, 2.24) is 5.32 Å². The molecular weight excluding hydrogens is 345 g/mol. The van der Waals surface area contributed by atoms with Crippen LogP contribution in [0.5, 0.6) is 0 Å². The van der Waals surface area contributed by atoms with E-state index < -0.39 is 0 Å². The molecule has 2 aromatic carbocycles. The zero-order valence-corrected chi connectivity index (χ0v) is 15.5. The van der Waals surface area contributed by atoms with Gasteiger partial charge in [-0.2, -0.15) is 0 Å². The van der Waals surface area contributed by atoms with Crippen molar-refractivity contribution < 1.29 is 9.53 Å². The van der Waals surface area contributed by atoms with Gasteiger partial charge < -0.3 is 10.1 Å². The van der Waals surface area contributed by atoms with E-state index in [9.17, 15) is 4.79 Å². The molecule has 130 valence electrons. The largest absolute Gasteiger partial charge is 0.466 e. The Bertz CT molecular complexity index is 644. The molecule has 24 heavy (non-hydrogen) atoms. The molecule has 0 amide bonds. The van der Waals surface area contributed by atoms with E-state index in [1.165, 1.54) is 5.56 Å². The van der Waals surface area contributed by atoms with Crippen molar-refractivity contribution in [3.8, 4) is 0 Å². The fourth-order valence-electron chi connectivity index (χ4n) is 2.37. The highest BCUT2D eigenvalue weighted by Gasteiger charge is 2.17. The molecule has 1 N–H and O–H groups in total. The fraction of sp³-hybridized carbons (Fsp3) is 0.316. The molecule has 5 heteroatoms. The maximum atomic E-state index is 11.9. The molecule has 0 saturated carbocycles. The molecule has 0 radical (unpaired) electrons. The summed E-state index contributed by atoms with van der Waals surface area (Å²) in [5.41, 5.74) is 3.26. The number of rotatable bonds is 7. The monoisotopic (exact) mass is 367 g/mol. The minimum absolute atomic E-state index is 0. The predicted molar refractivity (Wildman–Crippen MR) is 101 cm³/mol. The van der Waals surface area contributed by atoms with Gasteiger partial charge in [0.25, 0.3) is 0 Å². The van der Waals surface area contributed by atoms with Gasteiger partial charge in [0, 0.05) is 17.6 Å². The lowest BCUT2D eigenvalue weighted by atomic mass is 10.0. The summed E-state index contributed by atoms with van der Waals surface area (Å²) in [7, 11) is 0. The molecule has 0 saturated heterocycles. The number of hydrogen-bond acceptors (Lipinski definition) is 3. The molecule has 0 aromatic heterocycles. The molecule has 0 fully saturated rings. The lowest BCUT2D eigenvalue weighted by Crippen LogP contribution is -2.24. The summed E-state index contributed by atoms with van der Waals surface area (Å²) in [6.07, 6.45) is 0.293. The number of halogens is 2. The van der Waals surface area contributed by atoms with Gasteiger partial charge in [-0.3, -0.25) is 4.79 Å². The molecule has 0 aliphatic rings. The van der Waals surface area contributed by atoms with Crippen LogP contribution in [0.4, 0.5) is 0 Å². The molecule has 0 aliphatic carbocycles. The van der Waals surface area contributed by atoms with Crippen LogP contribution in [0.2, 0.25) is 5.02 Å². The van der Waals surface area contributed by atoms with Crippen LogP contribution in [0.15, 0.2) is 48.5 Å². The van der Waals surface area contributed by atoms with Gasteiger partial charge in [0.1, 0.15) is 0 Å². The Kier molecular flexibility index (Phi) is 8.83. The maximum absolute atomic E-state index is 11.9. The normalized spacial score (nSPS) is 11.5. The molecule has 1 unspecified atom stereocenters. The third-order valence-corrected chi connectivity index (χ3v) is 4.02. The first-order valence-corrected chi connectivity index (χ1v) is 8.17. The summed E-state index contributed by atoms with van der Waals surface area (Å²) in [5.74, 6) is -0.204. The summed E-state index contributed by atoms with van der Waals surface area (Å²) in [6.45, 7) is 4.85. The predicted octanol–water partition coefficient (Wildman–Crippen LogP) is 4.85. The summed E-state index contributed by atoms with van der Waals surface area (Å²) in [5, 5.41) is 4.14. The zero-order valence-electron chi connectivity index (χ0n) is 13.9. The Labute approximate surface area is 154 Å². The van der Waals surface area contributed by atoms with Crippen LogP contribution in [-0.4, -0.2) is 12.6 Å². The van der Waals surface area contributed by atoms with Gasteiger partial charge >= 0.3 is 5.97 Å². The molecule has 3 nitrogen and oxygen atoms in total. The quantitative estimate of drug-likeness (QED) is 0.710. The maximum Gasteiger partial charge on any atom is 0.307 e. The highest BCUT2D eigenvalue weighted by atomic mass is 35.5. The first-order chi connectivity index (χ1) is 11.1. The fourth-order valence-corrected chi connectivity index (χ4v) is 2.57. The number of benzene rings is 2. The van der Waals surface area contributed by atoms with Crippen LogP contribution in [0.3, 0.4) is 0 Å². The average Bonchev–Trinajstić information content (AvgIpc) is 2.54. The van der Waals surface area contributed by atoms with Crippen LogP contribution >= 0.6 is 24.0 Å². The van der Waals surface area contributed by atoms with E-state index in [0.717, 1.165) is 16.1 Å². The van der Waals surface area contributed by atoms with Gasteiger partial charge in [0.15, 0.2) is 0 Å². The lowest BCUT2D eigenvalue weighted by Gasteiger charge is -2.19. The number of carbonyl (C=O) groups excluding carboxylic acids is 1.